The molecule has 0 saturated carbocycles. The summed E-state index contributed by atoms with van der Waals surface area (Å²) in [4.78, 5) is 14.6. The van der Waals surface area contributed by atoms with Gasteiger partial charge in [0, 0.05) is 23.2 Å². The molecule has 0 aliphatic carbocycles. The summed E-state index contributed by atoms with van der Waals surface area (Å²) in [6, 6.07) is 6.35. The summed E-state index contributed by atoms with van der Waals surface area (Å²) in [7, 11) is 0. The van der Waals surface area contributed by atoms with Crippen molar-refractivity contribution in [1.82, 2.24) is 10.2 Å². The molecule has 1 fully saturated rings. The van der Waals surface area contributed by atoms with E-state index in [1.165, 1.54) is 6.07 Å². The van der Waals surface area contributed by atoms with E-state index in [9.17, 15) is 18.7 Å². The molecule has 1 atom stereocenters. The molecule has 0 bridgehead atoms. The third-order valence-corrected chi connectivity index (χ3v) is 4.89. The van der Waals surface area contributed by atoms with Crippen LogP contribution in [-0.4, -0.2) is 54.1 Å². The highest BCUT2D eigenvalue weighted by molar-refractivity contribution is 7.99. The number of carbonyl (C=O) groups excluding carboxylic acids is 1. The van der Waals surface area contributed by atoms with Gasteiger partial charge in [0.15, 0.2) is 0 Å². The van der Waals surface area contributed by atoms with Gasteiger partial charge in [0.25, 0.3) is 5.76 Å². The molecule has 0 radical (unpaired) electrons. The summed E-state index contributed by atoms with van der Waals surface area (Å²) in [5.41, 5.74) is 0.492. The zero-order valence-electron chi connectivity index (χ0n) is 14.1. The molecule has 0 spiro atoms. The largest absolute Gasteiger partial charge is 0.395 e. The Balaban J connectivity index is 1.62. The van der Waals surface area contributed by atoms with Crippen LogP contribution in [0.25, 0.3) is 0 Å². The summed E-state index contributed by atoms with van der Waals surface area (Å²) in [5, 5.41) is 14.7. The second-order valence-corrected chi connectivity index (χ2v) is 7.07. The standard InChI is InChI=1S/C17H25F2N3O2S/c18-16(19)25-15-7-3-5-13(11-15)21-17(24)20-8-1-2-9-22-10-4-6-14(22)12-23/h3,5,7,11,14,16,23H,1-2,4,6,8-10,12H2,(H2,20,21,24). The van der Waals surface area contributed by atoms with Crippen molar-refractivity contribution in [3.63, 3.8) is 0 Å². The van der Waals surface area contributed by atoms with Crippen LogP contribution >= 0.6 is 11.8 Å². The lowest BCUT2D eigenvalue weighted by Gasteiger charge is -2.22. The maximum Gasteiger partial charge on any atom is 0.319 e. The van der Waals surface area contributed by atoms with Gasteiger partial charge in [-0.05, 0) is 57.0 Å². The number of alkyl halides is 2. The van der Waals surface area contributed by atoms with Crippen molar-refractivity contribution in [1.29, 1.82) is 0 Å². The first kappa shape index (κ1) is 19.9. The number of nitrogens with zero attached hydrogens (tertiary/aromatic N) is 1. The molecule has 8 heteroatoms. The molecule has 1 unspecified atom stereocenters. The number of anilines is 1. The minimum Gasteiger partial charge on any atom is -0.395 e. The number of urea groups is 1. The van der Waals surface area contributed by atoms with Crippen molar-refractivity contribution in [3.8, 4) is 0 Å². The molecule has 1 aromatic carbocycles. The molecule has 3 N–H and O–H groups in total. The molecule has 25 heavy (non-hydrogen) atoms. The molecule has 140 valence electrons. The summed E-state index contributed by atoms with van der Waals surface area (Å²) >= 11 is 0.451. The molecule has 1 saturated heterocycles. The van der Waals surface area contributed by atoms with Crippen LogP contribution in [0.1, 0.15) is 25.7 Å². The summed E-state index contributed by atoms with van der Waals surface area (Å²) < 4.78 is 24.7. The first-order valence-corrected chi connectivity index (χ1v) is 9.41. The summed E-state index contributed by atoms with van der Waals surface area (Å²) in [6.45, 7) is 2.73. The average molecular weight is 373 g/mol. The van der Waals surface area contributed by atoms with Crippen LogP contribution in [0.2, 0.25) is 0 Å². The van der Waals surface area contributed by atoms with Gasteiger partial charge in [-0.3, -0.25) is 4.90 Å². The highest BCUT2D eigenvalue weighted by Gasteiger charge is 2.22. The predicted molar refractivity (Wildman–Crippen MR) is 96.2 cm³/mol. The number of hydrogen-bond donors (Lipinski definition) is 3. The second kappa shape index (κ2) is 10.6. The minimum atomic E-state index is -2.48. The van der Waals surface area contributed by atoms with Crippen molar-refractivity contribution in [2.75, 3.05) is 31.6 Å². The fourth-order valence-electron chi connectivity index (χ4n) is 2.96. The number of nitrogens with one attached hydrogen (secondary N) is 2. The van der Waals surface area contributed by atoms with E-state index in [4.69, 9.17) is 0 Å². The smallest absolute Gasteiger partial charge is 0.319 e. The number of halogens is 2. The van der Waals surface area contributed by atoms with Crippen LogP contribution < -0.4 is 10.6 Å². The Labute approximate surface area is 151 Å². The third-order valence-electron chi connectivity index (χ3n) is 4.18. The van der Waals surface area contributed by atoms with Crippen molar-refractivity contribution >= 4 is 23.5 Å². The Morgan fingerprint density at radius 3 is 3.00 bits per heavy atom. The number of amides is 2. The number of aliphatic hydroxyl groups excluding tert-OH is 1. The van der Waals surface area contributed by atoms with Crippen molar-refractivity contribution < 1.29 is 18.7 Å². The van der Waals surface area contributed by atoms with Crippen LogP contribution in [-0.2, 0) is 0 Å². The van der Waals surface area contributed by atoms with Gasteiger partial charge in [-0.1, -0.05) is 17.8 Å². The van der Waals surface area contributed by atoms with Crippen LogP contribution in [0, 0.1) is 0 Å². The maximum atomic E-state index is 12.4. The quantitative estimate of drug-likeness (QED) is 0.459. The van der Waals surface area contributed by atoms with E-state index in [0.717, 1.165) is 38.8 Å². The second-order valence-electron chi connectivity index (χ2n) is 6.01. The van der Waals surface area contributed by atoms with Crippen LogP contribution in [0.5, 0.6) is 0 Å². The van der Waals surface area contributed by atoms with E-state index < -0.39 is 5.76 Å². The predicted octanol–water partition coefficient (Wildman–Crippen LogP) is 3.36. The average Bonchev–Trinajstić information content (AvgIpc) is 3.01. The molecule has 0 aromatic heterocycles. The summed E-state index contributed by atoms with van der Waals surface area (Å²) in [6.07, 6.45) is 4.00. The fourth-order valence-corrected chi connectivity index (χ4v) is 3.52. The number of benzene rings is 1. The monoisotopic (exact) mass is 373 g/mol. The topological polar surface area (TPSA) is 64.6 Å². The van der Waals surface area contributed by atoms with Crippen LogP contribution in [0.15, 0.2) is 29.2 Å². The van der Waals surface area contributed by atoms with E-state index >= 15 is 0 Å². The lowest BCUT2D eigenvalue weighted by molar-refractivity contribution is 0.157. The van der Waals surface area contributed by atoms with Gasteiger partial charge in [0.05, 0.1) is 6.61 Å². The molecular weight excluding hydrogens is 348 g/mol. The molecule has 2 rings (SSSR count). The zero-order chi connectivity index (χ0) is 18.1. The lowest BCUT2D eigenvalue weighted by Crippen LogP contribution is -2.34. The lowest BCUT2D eigenvalue weighted by atomic mass is 10.2. The Bertz CT molecular complexity index is 548. The van der Waals surface area contributed by atoms with Crippen LogP contribution in [0.4, 0.5) is 19.3 Å². The maximum absolute atomic E-state index is 12.4. The van der Waals surface area contributed by atoms with Crippen molar-refractivity contribution in [2.45, 2.75) is 42.4 Å². The highest BCUT2D eigenvalue weighted by atomic mass is 32.2. The van der Waals surface area contributed by atoms with E-state index in [2.05, 4.69) is 15.5 Å². The number of unbranched alkanes of at least 4 members (excludes halogenated alkanes) is 1. The Morgan fingerprint density at radius 1 is 1.40 bits per heavy atom. The highest BCUT2D eigenvalue weighted by Crippen LogP contribution is 2.27. The van der Waals surface area contributed by atoms with Gasteiger partial charge in [-0.2, -0.15) is 8.78 Å². The molecular formula is C17H25F2N3O2S. The summed E-state index contributed by atoms with van der Waals surface area (Å²) in [5.74, 6) is -2.48. The van der Waals surface area contributed by atoms with Gasteiger partial charge in [0.2, 0.25) is 0 Å². The Hall–Kier alpha value is -1.38. The van der Waals surface area contributed by atoms with Gasteiger partial charge >= 0.3 is 6.03 Å². The molecule has 1 aliphatic rings. The van der Waals surface area contributed by atoms with Crippen LogP contribution in [0.3, 0.4) is 0 Å². The number of aliphatic hydroxyl groups is 1. The SMILES string of the molecule is O=C(NCCCCN1CCCC1CO)Nc1cccc(SC(F)F)c1. The minimum absolute atomic E-state index is 0.212. The molecule has 1 aromatic rings. The number of rotatable bonds is 9. The number of thioether (sulfide) groups is 1. The molecule has 2 amide bonds. The fraction of sp³-hybridized carbons (Fsp3) is 0.588. The van der Waals surface area contributed by atoms with E-state index in [1.807, 2.05) is 0 Å². The van der Waals surface area contributed by atoms with E-state index in [-0.39, 0.29) is 18.7 Å². The van der Waals surface area contributed by atoms with E-state index in [0.29, 0.717) is 28.9 Å². The van der Waals surface area contributed by atoms with E-state index in [1.54, 1.807) is 18.2 Å². The van der Waals surface area contributed by atoms with Crippen molar-refractivity contribution in [2.24, 2.45) is 0 Å². The normalized spacial score (nSPS) is 17.8. The number of carbonyl (C=O) groups is 1. The third kappa shape index (κ3) is 7.17. The Kier molecular flexibility index (Phi) is 8.43. The first-order valence-electron chi connectivity index (χ1n) is 8.53. The van der Waals surface area contributed by atoms with Gasteiger partial charge in [-0.25, -0.2) is 4.79 Å². The van der Waals surface area contributed by atoms with Gasteiger partial charge in [-0.15, -0.1) is 0 Å². The van der Waals surface area contributed by atoms with Crippen molar-refractivity contribution in [3.05, 3.63) is 24.3 Å². The van der Waals surface area contributed by atoms with Gasteiger partial charge < -0.3 is 15.7 Å². The molecule has 1 aliphatic heterocycles. The number of hydrogen-bond acceptors (Lipinski definition) is 4. The molecule has 1 heterocycles. The molecule has 5 nitrogen and oxygen atoms in total. The number of likely N-dealkylation sites (tertiary alicyclic amines) is 1. The zero-order valence-corrected chi connectivity index (χ0v) is 14.9. The Morgan fingerprint density at radius 2 is 2.24 bits per heavy atom. The first-order chi connectivity index (χ1) is 12.1. The van der Waals surface area contributed by atoms with Gasteiger partial charge in [0.1, 0.15) is 0 Å².